The molecule has 29 heavy (non-hydrogen) atoms. The van der Waals surface area contributed by atoms with Gasteiger partial charge in [0.05, 0.1) is 0 Å². The van der Waals surface area contributed by atoms with Gasteiger partial charge in [-0.05, 0) is 102 Å². The summed E-state index contributed by atoms with van der Waals surface area (Å²) >= 11 is 0. The Kier molecular flexibility index (Phi) is 2.29. The highest BCUT2D eigenvalue weighted by Gasteiger charge is 2.32. The Labute approximate surface area is 167 Å². The quantitative estimate of drug-likeness (QED) is 0.257. The number of aldehydes is 1. The van der Waals surface area contributed by atoms with Crippen LogP contribution in [0.2, 0.25) is 0 Å². The van der Waals surface area contributed by atoms with Crippen LogP contribution in [0.5, 0.6) is 0 Å². The van der Waals surface area contributed by atoms with Crippen molar-refractivity contribution < 1.29 is 4.79 Å². The summed E-state index contributed by atoms with van der Waals surface area (Å²) < 4.78 is 0. The van der Waals surface area contributed by atoms with Crippen LogP contribution in [-0.2, 0) is 19.3 Å². The maximum atomic E-state index is 11.8. The molecular weight excluding hydrogens is 352 g/mol. The molecule has 8 rings (SSSR count). The van der Waals surface area contributed by atoms with Gasteiger partial charge in [0, 0.05) is 5.56 Å². The molecule has 0 spiro atoms. The van der Waals surface area contributed by atoms with Crippen LogP contribution in [0.1, 0.15) is 43.7 Å². The molecule has 0 fully saturated rings. The first kappa shape index (κ1) is 14.5. The van der Waals surface area contributed by atoms with Gasteiger partial charge in [0.15, 0.2) is 6.29 Å². The number of hydrogen-bond donors (Lipinski definition) is 0. The third-order valence-electron chi connectivity index (χ3n) is 7.53. The first-order valence-electron chi connectivity index (χ1n) is 10.4. The molecule has 5 aromatic carbocycles. The Morgan fingerprint density at radius 3 is 1.79 bits per heavy atom. The molecule has 0 aromatic heterocycles. The van der Waals surface area contributed by atoms with E-state index in [1.165, 1.54) is 71.3 Å². The summed E-state index contributed by atoms with van der Waals surface area (Å²) in [5.41, 5.74) is 11.9. The van der Waals surface area contributed by atoms with E-state index in [1.807, 2.05) is 18.2 Å². The lowest BCUT2D eigenvalue weighted by molar-refractivity contribution is 0.112. The summed E-state index contributed by atoms with van der Waals surface area (Å²) in [6.45, 7) is 0. The van der Waals surface area contributed by atoms with Crippen molar-refractivity contribution in [3.8, 4) is 11.1 Å². The first-order chi connectivity index (χ1) is 14.3. The monoisotopic (exact) mass is 368 g/mol. The summed E-state index contributed by atoms with van der Waals surface area (Å²) in [7, 11) is 0. The Balaban J connectivity index is 1.66. The third-order valence-corrected chi connectivity index (χ3v) is 7.53. The average Bonchev–Trinajstić information content (AvgIpc) is 3.42. The van der Waals surface area contributed by atoms with E-state index in [9.17, 15) is 4.79 Å². The highest BCUT2D eigenvalue weighted by molar-refractivity contribution is 6.34. The second-order valence-electron chi connectivity index (χ2n) is 8.81. The molecule has 0 atom stereocenters. The lowest BCUT2D eigenvalue weighted by Crippen LogP contribution is -1.94. The predicted molar refractivity (Wildman–Crippen MR) is 118 cm³/mol. The largest absolute Gasteiger partial charge is 0.298 e. The molecule has 0 heterocycles. The molecule has 0 radical (unpaired) electrons. The third kappa shape index (κ3) is 1.49. The number of rotatable bonds is 2. The van der Waals surface area contributed by atoms with Gasteiger partial charge < -0.3 is 0 Å². The van der Waals surface area contributed by atoms with Crippen molar-refractivity contribution in [1.29, 1.82) is 0 Å². The summed E-state index contributed by atoms with van der Waals surface area (Å²) in [5, 5.41) is 8.99. The minimum atomic E-state index is 0.784. The van der Waals surface area contributed by atoms with Crippen molar-refractivity contribution in [3.63, 3.8) is 0 Å². The zero-order valence-electron chi connectivity index (χ0n) is 15.8. The Hall–Kier alpha value is -3.45. The predicted octanol–water partition coefficient (Wildman–Crippen LogP) is 6.34. The lowest BCUT2D eigenvalue weighted by Gasteiger charge is -2.14. The smallest absolute Gasteiger partial charge is 0.150 e. The van der Waals surface area contributed by atoms with Crippen LogP contribution < -0.4 is 0 Å². The van der Waals surface area contributed by atoms with Gasteiger partial charge in [0.1, 0.15) is 0 Å². The number of carbonyl (C=O) groups is 1. The second-order valence-corrected chi connectivity index (χ2v) is 8.81. The van der Waals surface area contributed by atoms with Gasteiger partial charge in [0.2, 0.25) is 0 Å². The Morgan fingerprint density at radius 2 is 1.10 bits per heavy atom. The van der Waals surface area contributed by atoms with Crippen molar-refractivity contribution >= 4 is 38.6 Å². The molecule has 0 unspecified atom stereocenters. The molecule has 0 aliphatic heterocycles. The van der Waals surface area contributed by atoms with Crippen LogP contribution in [0, 0.1) is 0 Å². The van der Waals surface area contributed by atoms with E-state index in [0.717, 1.165) is 36.7 Å². The van der Waals surface area contributed by atoms with Crippen LogP contribution in [0.15, 0.2) is 54.6 Å². The zero-order chi connectivity index (χ0) is 18.9. The minimum Gasteiger partial charge on any atom is -0.298 e. The normalized spacial score (nSPS) is 14.6. The van der Waals surface area contributed by atoms with Gasteiger partial charge in [-0.2, -0.15) is 0 Å². The second kappa shape index (κ2) is 4.58. The van der Waals surface area contributed by atoms with Crippen LogP contribution in [0.25, 0.3) is 43.4 Å². The Morgan fingerprint density at radius 1 is 0.552 bits per heavy atom. The van der Waals surface area contributed by atoms with Gasteiger partial charge in [-0.3, -0.25) is 4.79 Å². The highest BCUT2D eigenvalue weighted by atomic mass is 16.1. The van der Waals surface area contributed by atoms with Gasteiger partial charge in [-0.1, -0.05) is 48.5 Å². The van der Waals surface area contributed by atoms with Gasteiger partial charge >= 0.3 is 0 Å². The van der Waals surface area contributed by atoms with Crippen molar-refractivity contribution in [3.05, 3.63) is 93.5 Å². The van der Waals surface area contributed by atoms with Gasteiger partial charge in [-0.25, -0.2) is 0 Å². The maximum Gasteiger partial charge on any atom is 0.150 e. The zero-order valence-corrected chi connectivity index (χ0v) is 15.8. The molecule has 3 aliphatic rings. The van der Waals surface area contributed by atoms with Crippen molar-refractivity contribution in [1.82, 2.24) is 0 Å². The molecule has 0 saturated heterocycles. The summed E-state index contributed by atoms with van der Waals surface area (Å²) in [4.78, 5) is 11.8. The number of hydrogen-bond acceptors (Lipinski definition) is 1. The fourth-order valence-corrected chi connectivity index (χ4v) is 6.46. The SMILES string of the molecule is O=Cc1ccccc1-c1cc2c3c4c(ccc5c4c4c(ccc6c4c3c1C6)C5)C2. The van der Waals surface area contributed by atoms with Crippen molar-refractivity contribution in [2.45, 2.75) is 19.3 Å². The molecule has 0 saturated carbocycles. The Bertz CT molecular complexity index is 1600. The van der Waals surface area contributed by atoms with E-state index in [4.69, 9.17) is 0 Å². The molecule has 1 heteroatoms. The summed E-state index contributed by atoms with van der Waals surface area (Å²) in [5.74, 6) is 0. The fourth-order valence-electron chi connectivity index (χ4n) is 6.46. The van der Waals surface area contributed by atoms with E-state index >= 15 is 0 Å². The maximum absolute atomic E-state index is 11.8. The van der Waals surface area contributed by atoms with Crippen molar-refractivity contribution in [2.24, 2.45) is 0 Å². The van der Waals surface area contributed by atoms with Crippen molar-refractivity contribution in [2.75, 3.05) is 0 Å². The summed E-state index contributed by atoms with van der Waals surface area (Å²) in [6, 6.07) is 19.8. The molecule has 1 nitrogen and oxygen atoms in total. The molecule has 5 aromatic rings. The molecule has 3 aliphatic carbocycles. The fraction of sp³-hybridized carbons (Fsp3) is 0.107. The van der Waals surface area contributed by atoms with Crippen LogP contribution >= 0.6 is 0 Å². The molecular formula is C28H16O. The molecule has 0 N–H and O–H groups in total. The topological polar surface area (TPSA) is 17.1 Å². The average molecular weight is 368 g/mol. The minimum absolute atomic E-state index is 0.784. The molecule has 0 bridgehead atoms. The van der Waals surface area contributed by atoms with E-state index in [0.29, 0.717) is 0 Å². The summed E-state index contributed by atoms with van der Waals surface area (Å²) in [6.07, 6.45) is 4.02. The van der Waals surface area contributed by atoms with Crippen LogP contribution in [0.3, 0.4) is 0 Å². The molecule has 0 amide bonds. The number of benzene rings is 5. The highest BCUT2D eigenvalue weighted by Crippen LogP contribution is 2.54. The van der Waals surface area contributed by atoms with E-state index in [2.05, 4.69) is 36.4 Å². The van der Waals surface area contributed by atoms with Gasteiger partial charge in [-0.15, -0.1) is 0 Å². The van der Waals surface area contributed by atoms with Crippen LogP contribution in [0.4, 0.5) is 0 Å². The number of carbonyl (C=O) groups excluding carboxylic acids is 1. The standard InChI is InChI=1S/C28H16O/c29-13-18-3-1-2-4-20(18)21-12-19-10-16-6-5-14-9-15-7-8-17-11-22(21)28-26(17)24(15)23(14)25(16)27(19)28/h1-8,12-13H,9-11H2. The molecule has 134 valence electrons. The van der Waals surface area contributed by atoms with Gasteiger partial charge in [0.25, 0.3) is 0 Å². The van der Waals surface area contributed by atoms with Crippen LogP contribution in [-0.4, -0.2) is 6.29 Å². The van der Waals surface area contributed by atoms with E-state index in [-0.39, 0.29) is 0 Å². The lowest BCUT2D eigenvalue weighted by atomic mass is 9.89. The first-order valence-corrected chi connectivity index (χ1v) is 10.4. The van der Waals surface area contributed by atoms with E-state index < -0.39 is 0 Å². The van der Waals surface area contributed by atoms with E-state index in [1.54, 1.807) is 0 Å².